The monoisotopic (exact) mass is 495 g/mol. The molecule has 0 bridgehead atoms. The number of rotatable bonds is 4. The van der Waals surface area contributed by atoms with Crippen LogP contribution >= 0.6 is 0 Å². The van der Waals surface area contributed by atoms with Gasteiger partial charge in [-0.25, -0.2) is 17.8 Å². The molecule has 178 valence electrons. The largest absolute Gasteiger partial charge is 0.421 e. The van der Waals surface area contributed by atoms with Crippen molar-refractivity contribution in [3.8, 4) is 5.69 Å². The number of nitrogens with zero attached hydrogens (tertiary/aromatic N) is 1. The van der Waals surface area contributed by atoms with E-state index in [9.17, 15) is 36.0 Å². The number of carbonyl (C=O) groups excluding carboxylic acids is 1. The zero-order valence-corrected chi connectivity index (χ0v) is 18.0. The lowest BCUT2D eigenvalue weighted by Gasteiger charge is -2.29. The first kappa shape index (κ1) is 23.3. The second-order valence-electron chi connectivity index (χ2n) is 7.53. The third-order valence-corrected chi connectivity index (χ3v) is 6.69. The Morgan fingerprint density at radius 2 is 1.71 bits per heavy atom. The maximum absolute atomic E-state index is 14.5. The van der Waals surface area contributed by atoms with Gasteiger partial charge in [0.05, 0.1) is 16.1 Å². The summed E-state index contributed by atoms with van der Waals surface area (Å²) in [6.45, 7) is 1.65. The number of hydrogen-bond acceptors (Lipinski definition) is 6. The highest BCUT2D eigenvalue weighted by Crippen LogP contribution is 2.46. The quantitative estimate of drug-likeness (QED) is 0.397. The van der Waals surface area contributed by atoms with Crippen molar-refractivity contribution in [3.63, 3.8) is 0 Å². The summed E-state index contributed by atoms with van der Waals surface area (Å²) in [6, 6.07) is 10.1. The van der Waals surface area contributed by atoms with Gasteiger partial charge in [-0.1, -0.05) is 12.1 Å². The van der Waals surface area contributed by atoms with Crippen molar-refractivity contribution in [1.82, 2.24) is 14.3 Å². The molecule has 10 nitrogen and oxygen atoms in total. The Morgan fingerprint density at radius 1 is 1.06 bits per heavy atom. The Labute approximate surface area is 189 Å². The second-order valence-corrected chi connectivity index (χ2v) is 9.22. The van der Waals surface area contributed by atoms with E-state index >= 15 is 0 Å². The second kappa shape index (κ2) is 7.56. The van der Waals surface area contributed by atoms with Crippen LogP contribution in [0.4, 0.5) is 24.7 Å². The molecule has 2 aromatic carbocycles. The highest BCUT2D eigenvalue weighted by molar-refractivity contribution is 7.89. The molecule has 0 saturated heterocycles. The zero-order chi connectivity index (χ0) is 25.1. The Hall–Kier alpha value is -3.91. The predicted molar refractivity (Wildman–Crippen MR) is 115 cm³/mol. The number of halogens is 3. The smallest absolute Gasteiger partial charge is 0.399 e. The average molecular weight is 495 g/mol. The molecule has 5 N–H and O–H groups in total. The molecule has 1 unspecified atom stereocenters. The van der Waals surface area contributed by atoms with Crippen LogP contribution in [-0.2, 0) is 20.4 Å². The van der Waals surface area contributed by atoms with Crippen LogP contribution in [-0.4, -0.2) is 30.1 Å². The highest BCUT2D eigenvalue weighted by Gasteiger charge is 2.69. The molecule has 1 amide bonds. The normalized spacial score (nSPS) is 17.9. The van der Waals surface area contributed by atoms with Gasteiger partial charge < -0.3 is 11.1 Å². The summed E-state index contributed by atoms with van der Waals surface area (Å²) >= 11 is 0. The maximum atomic E-state index is 14.5. The van der Waals surface area contributed by atoms with Crippen molar-refractivity contribution in [1.29, 1.82) is 0 Å². The molecular formula is C20H16F3N5O5S. The zero-order valence-electron chi connectivity index (χ0n) is 17.2. The van der Waals surface area contributed by atoms with Crippen LogP contribution in [0.15, 0.2) is 63.0 Å². The van der Waals surface area contributed by atoms with Crippen LogP contribution < -0.4 is 27.0 Å². The van der Waals surface area contributed by atoms with Gasteiger partial charge in [-0.05, 0) is 48.9 Å². The standard InChI is InChI=1S/C20H16F3N5O5S/c1-10-3-2-4-12(9-10)28-15-14(16(29)26-18(28)31)19(17(30)25-15,20(21,22)23)27-34(32,33)13-7-5-11(24)6-8-13/h2-9,27H,24H2,1H3,(H,25,30)(H,26,29,31). The number of carbonyl (C=O) groups is 1. The molecule has 14 heteroatoms. The Morgan fingerprint density at radius 3 is 2.29 bits per heavy atom. The van der Waals surface area contributed by atoms with Crippen LogP contribution in [0, 0.1) is 6.92 Å². The van der Waals surface area contributed by atoms with E-state index < -0.39 is 55.2 Å². The molecular weight excluding hydrogens is 479 g/mol. The molecule has 1 aliphatic heterocycles. The number of H-pyrrole nitrogens is 1. The number of alkyl halides is 3. The number of sulfonamides is 1. The van der Waals surface area contributed by atoms with Crippen molar-refractivity contribution in [3.05, 3.63) is 80.5 Å². The lowest BCUT2D eigenvalue weighted by atomic mass is 9.93. The Bertz CT molecular complexity index is 1540. The minimum Gasteiger partial charge on any atom is -0.399 e. The van der Waals surface area contributed by atoms with Crippen LogP contribution in [0.1, 0.15) is 11.1 Å². The van der Waals surface area contributed by atoms with E-state index in [2.05, 4.69) is 0 Å². The third-order valence-electron chi connectivity index (χ3n) is 5.22. The van der Waals surface area contributed by atoms with Crippen LogP contribution in [0.25, 0.3) is 5.69 Å². The lowest BCUT2D eigenvalue weighted by Crippen LogP contribution is -2.61. The fraction of sp³-hybridized carbons (Fsp3) is 0.150. The molecule has 1 aromatic heterocycles. The molecule has 0 aliphatic carbocycles. The van der Waals surface area contributed by atoms with Gasteiger partial charge in [-0.2, -0.15) is 17.9 Å². The summed E-state index contributed by atoms with van der Waals surface area (Å²) < 4.78 is 71.2. The minimum atomic E-state index is -5.62. The molecule has 0 fully saturated rings. The van der Waals surface area contributed by atoms with Crippen molar-refractivity contribution in [2.45, 2.75) is 23.5 Å². The predicted octanol–water partition coefficient (Wildman–Crippen LogP) is 1.10. The highest BCUT2D eigenvalue weighted by atomic mass is 32.2. The molecule has 4 rings (SSSR count). The fourth-order valence-electron chi connectivity index (χ4n) is 3.66. The average Bonchev–Trinajstić information content (AvgIpc) is 3.01. The molecule has 1 atom stereocenters. The Kier molecular flexibility index (Phi) is 5.17. The SMILES string of the molecule is Cc1cccc(-n2c3c(c(=O)[nH]c2=O)C(NS(=O)(=O)c2ccc(N)cc2)(C(F)(F)F)C(=O)N3)c1. The Balaban J connectivity index is 2.02. The number of aromatic amines is 1. The number of nitrogens with two attached hydrogens (primary N) is 1. The van der Waals surface area contributed by atoms with Crippen molar-refractivity contribution in [2.75, 3.05) is 11.1 Å². The van der Waals surface area contributed by atoms with Crippen LogP contribution in [0.2, 0.25) is 0 Å². The number of fused-ring (bicyclic) bond motifs is 1. The molecule has 3 aromatic rings. The summed E-state index contributed by atoms with van der Waals surface area (Å²) in [7, 11) is -5.02. The van der Waals surface area contributed by atoms with Gasteiger partial charge in [0.1, 0.15) is 5.82 Å². The third kappa shape index (κ3) is 3.47. The summed E-state index contributed by atoms with van der Waals surface area (Å²) in [4.78, 5) is 39.1. The van der Waals surface area contributed by atoms with Gasteiger partial charge >= 0.3 is 11.9 Å². The molecule has 0 saturated carbocycles. The number of nitrogens with one attached hydrogen (secondary N) is 3. The van der Waals surface area contributed by atoms with Crippen molar-refractivity contribution in [2.24, 2.45) is 0 Å². The van der Waals surface area contributed by atoms with Gasteiger partial charge in [0.25, 0.3) is 11.5 Å². The summed E-state index contributed by atoms with van der Waals surface area (Å²) in [5.74, 6) is -2.70. The number of anilines is 2. The van der Waals surface area contributed by atoms with E-state index in [1.807, 2.05) is 5.32 Å². The summed E-state index contributed by atoms with van der Waals surface area (Å²) in [5.41, 5.74) is -1.74. The molecule has 2 heterocycles. The van der Waals surface area contributed by atoms with E-state index in [1.54, 1.807) is 18.0 Å². The molecule has 0 radical (unpaired) electrons. The van der Waals surface area contributed by atoms with Crippen molar-refractivity contribution >= 4 is 27.4 Å². The van der Waals surface area contributed by atoms with Gasteiger partial charge in [0.2, 0.25) is 15.6 Å². The first-order valence-electron chi connectivity index (χ1n) is 9.52. The summed E-state index contributed by atoms with van der Waals surface area (Å²) in [5, 5.41) is 1.88. The number of benzene rings is 2. The molecule has 0 spiro atoms. The minimum absolute atomic E-state index is 0.0390. The van der Waals surface area contributed by atoms with Gasteiger partial charge in [-0.15, -0.1) is 0 Å². The van der Waals surface area contributed by atoms with Gasteiger partial charge in [-0.3, -0.25) is 14.6 Å². The first-order valence-corrected chi connectivity index (χ1v) is 11.0. The van der Waals surface area contributed by atoms with E-state index in [0.29, 0.717) is 10.1 Å². The number of aromatic nitrogens is 2. The van der Waals surface area contributed by atoms with E-state index in [0.717, 1.165) is 24.3 Å². The number of aryl methyl sites for hydroxylation is 1. The maximum Gasteiger partial charge on any atom is 0.421 e. The van der Waals surface area contributed by atoms with Gasteiger partial charge in [0, 0.05) is 5.69 Å². The fourth-order valence-corrected chi connectivity index (χ4v) is 4.99. The first-order chi connectivity index (χ1) is 15.8. The topological polar surface area (TPSA) is 156 Å². The van der Waals surface area contributed by atoms with Crippen LogP contribution in [0.5, 0.6) is 0 Å². The van der Waals surface area contributed by atoms with Crippen LogP contribution in [0.3, 0.4) is 0 Å². The van der Waals surface area contributed by atoms with Crippen molar-refractivity contribution < 1.29 is 26.4 Å². The van der Waals surface area contributed by atoms with Gasteiger partial charge in [0.15, 0.2) is 0 Å². The summed E-state index contributed by atoms with van der Waals surface area (Å²) in [6.07, 6.45) is -5.62. The van der Waals surface area contributed by atoms with E-state index in [-0.39, 0.29) is 11.4 Å². The molecule has 34 heavy (non-hydrogen) atoms. The van der Waals surface area contributed by atoms with E-state index in [4.69, 9.17) is 5.73 Å². The molecule has 1 aliphatic rings. The number of hydrogen-bond donors (Lipinski definition) is 4. The number of nitrogen functional groups attached to an aromatic ring is 1. The number of amides is 1. The lowest BCUT2D eigenvalue weighted by molar-refractivity contribution is -0.194. The van der Waals surface area contributed by atoms with E-state index in [1.165, 1.54) is 22.9 Å².